The maximum atomic E-state index is 12.1. The van der Waals surface area contributed by atoms with Crippen LogP contribution in [0.25, 0.3) is 0 Å². The maximum absolute atomic E-state index is 12.1. The number of carbonyl (C=O) groups excluding carboxylic acids is 1. The first-order valence-electron chi connectivity index (χ1n) is 6.15. The van der Waals surface area contributed by atoms with E-state index >= 15 is 0 Å². The number of carboxylic acid groups (broad SMARTS) is 1. The number of halogens is 1. The minimum Gasteiger partial charge on any atom is -0.476 e. The van der Waals surface area contributed by atoms with Crippen LogP contribution < -0.4 is 5.32 Å². The van der Waals surface area contributed by atoms with Gasteiger partial charge in [0.15, 0.2) is 5.69 Å². The lowest BCUT2D eigenvalue weighted by Gasteiger charge is -2.08. The molecule has 21 heavy (non-hydrogen) atoms. The van der Waals surface area contributed by atoms with Crippen molar-refractivity contribution in [3.05, 3.63) is 45.7 Å². The Morgan fingerprint density at radius 2 is 2.19 bits per heavy atom. The number of benzene rings is 1. The van der Waals surface area contributed by atoms with Gasteiger partial charge in [0.1, 0.15) is 0 Å². The van der Waals surface area contributed by atoms with Gasteiger partial charge in [0.2, 0.25) is 0 Å². The Labute approximate surface area is 129 Å². The molecule has 0 aliphatic rings. The molecule has 0 aliphatic carbocycles. The van der Waals surface area contributed by atoms with Crippen molar-refractivity contribution in [3.8, 4) is 0 Å². The first-order chi connectivity index (χ1) is 9.97. The van der Waals surface area contributed by atoms with E-state index in [2.05, 4.69) is 31.6 Å². The number of aryl methyl sites for hydroxylation is 1. The first-order valence-corrected chi connectivity index (χ1v) is 6.94. The van der Waals surface area contributed by atoms with Crippen LogP contribution in [-0.2, 0) is 6.54 Å². The van der Waals surface area contributed by atoms with E-state index in [1.165, 1.54) is 10.9 Å². The summed E-state index contributed by atoms with van der Waals surface area (Å²) in [6.07, 6.45) is 1.32. The monoisotopic (exact) mass is 352 g/mol. The first kappa shape index (κ1) is 15.2. The number of aromatic carboxylic acids is 1. The van der Waals surface area contributed by atoms with Gasteiger partial charge in [0.05, 0.1) is 12.7 Å². The van der Waals surface area contributed by atoms with E-state index in [0.29, 0.717) is 18.7 Å². The van der Waals surface area contributed by atoms with Crippen molar-refractivity contribution >= 4 is 27.8 Å². The standard InChI is InChI=1S/C13H13BrN4O3/c1-8-2-3-9(14)6-10(8)12(19)15-4-5-18-7-11(13(20)21)16-17-18/h2-3,6-7H,4-5H2,1H3,(H,15,19)(H,20,21). The molecule has 1 aromatic heterocycles. The second-order valence-corrected chi connectivity index (χ2v) is 5.30. The lowest BCUT2D eigenvalue weighted by atomic mass is 10.1. The predicted molar refractivity (Wildman–Crippen MR) is 78.2 cm³/mol. The molecule has 0 saturated heterocycles. The summed E-state index contributed by atoms with van der Waals surface area (Å²) in [4.78, 5) is 22.7. The molecule has 1 heterocycles. The zero-order chi connectivity index (χ0) is 15.4. The SMILES string of the molecule is Cc1ccc(Br)cc1C(=O)NCCn1cc(C(=O)O)nn1. The van der Waals surface area contributed by atoms with Crippen LogP contribution >= 0.6 is 15.9 Å². The topological polar surface area (TPSA) is 97.1 Å². The molecule has 0 unspecified atom stereocenters. The molecule has 0 radical (unpaired) electrons. The second-order valence-electron chi connectivity index (χ2n) is 4.39. The smallest absolute Gasteiger partial charge is 0.358 e. The van der Waals surface area contributed by atoms with Crippen molar-refractivity contribution in [2.75, 3.05) is 6.54 Å². The van der Waals surface area contributed by atoms with Gasteiger partial charge in [-0.2, -0.15) is 0 Å². The van der Waals surface area contributed by atoms with Crippen molar-refractivity contribution in [1.82, 2.24) is 20.3 Å². The molecule has 2 N–H and O–H groups in total. The molecular weight excluding hydrogens is 340 g/mol. The highest BCUT2D eigenvalue weighted by Crippen LogP contribution is 2.15. The van der Waals surface area contributed by atoms with Gasteiger partial charge in [0.25, 0.3) is 5.91 Å². The zero-order valence-electron chi connectivity index (χ0n) is 11.2. The van der Waals surface area contributed by atoms with E-state index in [-0.39, 0.29) is 11.6 Å². The number of carboxylic acids is 1. The highest BCUT2D eigenvalue weighted by molar-refractivity contribution is 9.10. The summed E-state index contributed by atoms with van der Waals surface area (Å²) in [5, 5.41) is 18.6. The average molecular weight is 353 g/mol. The fourth-order valence-electron chi connectivity index (χ4n) is 1.72. The minimum absolute atomic E-state index is 0.121. The van der Waals surface area contributed by atoms with Crippen molar-refractivity contribution in [1.29, 1.82) is 0 Å². The number of carbonyl (C=O) groups is 2. The predicted octanol–water partition coefficient (Wildman–Crippen LogP) is 1.48. The Balaban J connectivity index is 1.92. The number of amides is 1. The molecule has 2 aromatic rings. The van der Waals surface area contributed by atoms with Crippen LogP contribution in [0.15, 0.2) is 28.9 Å². The van der Waals surface area contributed by atoms with Gasteiger partial charge in [-0.05, 0) is 24.6 Å². The van der Waals surface area contributed by atoms with Gasteiger partial charge in [0, 0.05) is 16.6 Å². The molecule has 0 aliphatic heterocycles. The van der Waals surface area contributed by atoms with Crippen molar-refractivity contribution in [2.45, 2.75) is 13.5 Å². The molecule has 0 saturated carbocycles. The van der Waals surface area contributed by atoms with Crippen molar-refractivity contribution in [2.24, 2.45) is 0 Å². The van der Waals surface area contributed by atoms with Crippen LogP contribution in [0.5, 0.6) is 0 Å². The number of nitrogens with zero attached hydrogens (tertiary/aromatic N) is 3. The zero-order valence-corrected chi connectivity index (χ0v) is 12.8. The van der Waals surface area contributed by atoms with Gasteiger partial charge in [-0.3, -0.25) is 4.79 Å². The highest BCUT2D eigenvalue weighted by atomic mass is 79.9. The van der Waals surface area contributed by atoms with Crippen LogP contribution in [0.2, 0.25) is 0 Å². The third kappa shape index (κ3) is 3.88. The van der Waals surface area contributed by atoms with Crippen molar-refractivity contribution in [3.63, 3.8) is 0 Å². The lowest BCUT2D eigenvalue weighted by Crippen LogP contribution is -2.28. The van der Waals surface area contributed by atoms with E-state index in [1.54, 1.807) is 6.07 Å². The summed E-state index contributed by atoms with van der Waals surface area (Å²) in [5.74, 6) is -1.32. The number of hydrogen-bond donors (Lipinski definition) is 2. The molecule has 7 nitrogen and oxygen atoms in total. The van der Waals surface area contributed by atoms with Crippen LogP contribution in [0.1, 0.15) is 26.4 Å². The normalized spacial score (nSPS) is 10.4. The summed E-state index contributed by atoms with van der Waals surface area (Å²) >= 11 is 3.33. The van der Waals surface area contributed by atoms with Crippen LogP contribution in [0.4, 0.5) is 0 Å². The molecule has 1 aromatic carbocycles. The third-order valence-corrected chi connectivity index (χ3v) is 3.32. The van der Waals surface area contributed by atoms with E-state index < -0.39 is 5.97 Å². The van der Waals surface area contributed by atoms with Crippen LogP contribution in [0, 0.1) is 6.92 Å². The molecule has 0 fully saturated rings. The Hall–Kier alpha value is -2.22. The molecule has 1 amide bonds. The van der Waals surface area contributed by atoms with Gasteiger partial charge in [-0.25, -0.2) is 9.48 Å². The Morgan fingerprint density at radius 1 is 1.43 bits per heavy atom. The molecular formula is C13H13BrN4O3. The summed E-state index contributed by atoms with van der Waals surface area (Å²) in [6.45, 7) is 2.53. The summed E-state index contributed by atoms with van der Waals surface area (Å²) in [7, 11) is 0. The number of hydrogen-bond acceptors (Lipinski definition) is 4. The highest BCUT2D eigenvalue weighted by Gasteiger charge is 2.10. The molecule has 8 heteroatoms. The van der Waals surface area contributed by atoms with Gasteiger partial charge >= 0.3 is 5.97 Å². The van der Waals surface area contributed by atoms with Gasteiger partial charge in [-0.15, -0.1) is 5.10 Å². The summed E-state index contributed by atoms with van der Waals surface area (Å²) in [5.41, 5.74) is 1.35. The van der Waals surface area contributed by atoms with Crippen LogP contribution in [-0.4, -0.2) is 38.5 Å². The summed E-state index contributed by atoms with van der Waals surface area (Å²) < 4.78 is 2.21. The van der Waals surface area contributed by atoms with Gasteiger partial charge in [-0.1, -0.05) is 27.2 Å². The quantitative estimate of drug-likeness (QED) is 0.849. The van der Waals surface area contributed by atoms with Crippen molar-refractivity contribution < 1.29 is 14.7 Å². The molecule has 110 valence electrons. The van der Waals surface area contributed by atoms with E-state index in [1.807, 2.05) is 19.1 Å². The number of nitrogens with one attached hydrogen (secondary N) is 1. The fourth-order valence-corrected chi connectivity index (χ4v) is 2.08. The molecule has 0 atom stereocenters. The largest absolute Gasteiger partial charge is 0.476 e. The fraction of sp³-hybridized carbons (Fsp3) is 0.231. The molecule has 0 bridgehead atoms. The maximum Gasteiger partial charge on any atom is 0.358 e. The van der Waals surface area contributed by atoms with E-state index in [9.17, 15) is 9.59 Å². The minimum atomic E-state index is -1.13. The Kier molecular flexibility index (Phi) is 4.69. The lowest BCUT2D eigenvalue weighted by molar-refractivity contribution is 0.0690. The second kappa shape index (κ2) is 6.49. The summed E-state index contributed by atoms with van der Waals surface area (Å²) in [6, 6.07) is 5.48. The Bertz CT molecular complexity index is 684. The van der Waals surface area contributed by atoms with Crippen LogP contribution in [0.3, 0.4) is 0 Å². The third-order valence-electron chi connectivity index (χ3n) is 2.83. The molecule has 0 spiro atoms. The van der Waals surface area contributed by atoms with Gasteiger partial charge < -0.3 is 10.4 Å². The molecule has 2 rings (SSSR count). The van der Waals surface area contributed by atoms with E-state index in [0.717, 1.165) is 10.0 Å². The number of rotatable bonds is 5. The van der Waals surface area contributed by atoms with E-state index in [4.69, 9.17) is 5.11 Å². The number of aromatic nitrogens is 3. The Morgan fingerprint density at radius 3 is 2.86 bits per heavy atom. The average Bonchev–Trinajstić information content (AvgIpc) is 2.90.